The zero-order valence-corrected chi connectivity index (χ0v) is 10.3. The molecule has 0 amide bonds. The molecule has 1 aliphatic heterocycles. The minimum Gasteiger partial charge on any atom is -0.381 e. The van der Waals surface area contributed by atoms with E-state index in [0.29, 0.717) is 12.1 Å². The van der Waals surface area contributed by atoms with Crippen LogP contribution in [-0.4, -0.2) is 24.2 Å². The highest BCUT2D eigenvalue weighted by Crippen LogP contribution is 2.30. The van der Waals surface area contributed by atoms with E-state index in [4.69, 9.17) is 4.74 Å². The van der Waals surface area contributed by atoms with Crippen LogP contribution >= 0.6 is 0 Å². The predicted octanol–water partition coefficient (Wildman–Crippen LogP) is 3.04. The second-order valence-corrected chi connectivity index (χ2v) is 5.01. The Hall–Kier alpha value is -1.28. The van der Waals surface area contributed by atoms with Crippen LogP contribution in [0.1, 0.15) is 30.4 Å². The number of hydrogen-bond donors (Lipinski definition) is 0. The van der Waals surface area contributed by atoms with Gasteiger partial charge in [-0.25, -0.2) is 0 Å². The molecule has 0 bridgehead atoms. The Morgan fingerprint density at radius 1 is 1.24 bits per heavy atom. The minimum atomic E-state index is 0.463. The van der Waals surface area contributed by atoms with Gasteiger partial charge in [-0.05, 0) is 36.5 Å². The monoisotopic (exact) mass is 229 g/mol. The summed E-state index contributed by atoms with van der Waals surface area (Å²) in [4.78, 5) is 2.47. The van der Waals surface area contributed by atoms with Gasteiger partial charge in [0, 0.05) is 25.9 Å². The number of hydrogen-bond acceptors (Lipinski definition) is 2. The van der Waals surface area contributed by atoms with E-state index in [-0.39, 0.29) is 0 Å². The van der Waals surface area contributed by atoms with Gasteiger partial charge < -0.3 is 9.64 Å². The summed E-state index contributed by atoms with van der Waals surface area (Å²) >= 11 is 0. The lowest BCUT2D eigenvalue weighted by molar-refractivity contribution is 0.101. The smallest absolute Gasteiger partial charge is 0.0591 e. The number of fused-ring (bicyclic) bond motifs is 1. The van der Waals surface area contributed by atoms with Crippen molar-refractivity contribution in [3.63, 3.8) is 0 Å². The summed E-state index contributed by atoms with van der Waals surface area (Å²) in [5.41, 5.74) is 2.81. The molecule has 0 unspecified atom stereocenters. The normalized spacial score (nSPS) is 27.2. The SMILES string of the molecule is CO[C@@H]1CC[C@H](N2C=Cc3ccccc3C2)C1. The Balaban J connectivity index is 1.73. The number of methoxy groups -OCH3 is 1. The van der Waals surface area contributed by atoms with Crippen LogP contribution in [0, 0.1) is 0 Å². The van der Waals surface area contributed by atoms with E-state index in [0.717, 1.165) is 6.54 Å². The Bertz CT molecular complexity index is 427. The molecule has 1 fully saturated rings. The van der Waals surface area contributed by atoms with Crippen molar-refractivity contribution in [2.75, 3.05) is 7.11 Å². The molecule has 0 N–H and O–H groups in total. The van der Waals surface area contributed by atoms with Crippen molar-refractivity contribution >= 4 is 6.08 Å². The third-order valence-corrected chi connectivity index (χ3v) is 4.01. The van der Waals surface area contributed by atoms with E-state index in [1.165, 1.54) is 30.4 Å². The molecule has 2 nitrogen and oxygen atoms in total. The molecule has 1 heterocycles. The molecule has 1 aromatic carbocycles. The van der Waals surface area contributed by atoms with Crippen LogP contribution in [0.5, 0.6) is 0 Å². The zero-order chi connectivity index (χ0) is 11.7. The van der Waals surface area contributed by atoms with Crippen LogP contribution in [0.3, 0.4) is 0 Å². The fourth-order valence-corrected chi connectivity index (χ4v) is 2.95. The van der Waals surface area contributed by atoms with Crippen LogP contribution in [-0.2, 0) is 11.3 Å². The van der Waals surface area contributed by atoms with E-state index in [1.54, 1.807) is 0 Å². The highest BCUT2D eigenvalue weighted by Gasteiger charge is 2.28. The molecule has 0 aromatic heterocycles. The van der Waals surface area contributed by atoms with Gasteiger partial charge in [-0.1, -0.05) is 24.3 Å². The van der Waals surface area contributed by atoms with Crippen molar-refractivity contribution in [1.82, 2.24) is 4.90 Å². The van der Waals surface area contributed by atoms with Gasteiger partial charge in [0.1, 0.15) is 0 Å². The Morgan fingerprint density at radius 3 is 2.94 bits per heavy atom. The predicted molar refractivity (Wildman–Crippen MR) is 69.5 cm³/mol. The number of ether oxygens (including phenoxy) is 1. The van der Waals surface area contributed by atoms with Crippen molar-refractivity contribution in [2.24, 2.45) is 0 Å². The number of benzene rings is 1. The maximum absolute atomic E-state index is 5.45. The fraction of sp³-hybridized carbons (Fsp3) is 0.467. The van der Waals surface area contributed by atoms with Gasteiger partial charge in [0.2, 0.25) is 0 Å². The molecule has 1 saturated carbocycles. The summed E-state index contributed by atoms with van der Waals surface area (Å²) < 4.78 is 5.45. The second-order valence-electron chi connectivity index (χ2n) is 5.01. The van der Waals surface area contributed by atoms with Crippen molar-refractivity contribution in [2.45, 2.75) is 38.0 Å². The van der Waals surface area contributed by atoms with Crippen molar-refractivity contribution in [3.05, 3.63) is 41.6 Å². The highest BCUT2D eigenvalue weighted by molar-refractivity contribution is 5.55. The zero-order valence-electron chi connectivity index (χ0n) is 10.3. The quantitative estimate of drug-likeness (QED) is 0.773. The van der Waals surface area contributed by atoms with Gasteiger partial charge in [-0.3, -0.25) is 0 Å². The Kier molecular flexibility index (Phi) is 2.89. The average Bonchev–Trinajstić information content (AvgIpc) is 2.87. The first-order valence-corrected chi connectivity index (χ1v) is 6.41. The van der Waals surface area contributed by atoms with Gasteiger partial charge >= 0.3 is 0 Å². The molecule has 1 aliphatic carbocycles. The summed E-state index contributed by atoms with van der Waals surface area (Å²) in [7, 11) is 1.83. The average molecular weight is 229 g/mol. The highest BCUT2D eigenvalue weighted by atomic mass is 16.5. The molecule has 3 rings (SSSR count). The minimum absolute atomic E-state index is 0.463. The standard InChI is InChI=1S/C15H19NO/c1-17-15-7-6-14(10-15)16-9-8-12-4-2-3-5-13(12)11-16/h2-5,8-9,14-15H,6-7,10-11H2,1H3/t14-,15+/m0/s1. The Labute approximate surface area is 103 Å². The van der Waals surface area contributed by atoms with Gasteiger partial charge in [0.15, 0.2) is 0 Å². The van der Waals surface area contributed by atoms with Crippen molar-refractivity contribution < 1.29 is 4.74 Å². The van der Waals surface area contributed by atoms with Gasteiger partial charge in [0.25, 0.3) is 0 Å². The first-order chi connectivity index (χ1) is 8.36. The molecule has 0 radical (unpaired) electrons. The molecule has 0 saturated heterocycles. The molecular weight excluding hydrogens is 210 g/mol. The largest absolute Gasteiger partial charge is 0.381 e. The molecule has 90 valence electrons. The Morgan fingerprint density at radius 2 is 2.12 bits per heavy atom. The van der Waals surface area contributed by atoms with Crippen LogP contribution in [0.2, 0.25) is 0 Å². The number of rotatable bonds is 2. The lowest BCUT2D eigenvalue weighted by atomic mass is 10.0. The summed E-state index contributed by atoms with van der Waals surface area (Å²) in [5, 5.41) is 0. The molecule has 17 heavy (non-hydrogen) atoms. The maximum atomic E-state index is 5.45. The maximum Gasteiger partial charge on any atom is 0.0591 e. The topological polar surface area (TPSA) is 12.5 Å². The van der Waals surface area contributed by atoms with E-state index in [1.807, 2.05) is 7.11 Å². The van der Waals surface area contributed by atoms with E-state index in [9.17, 15) is 0 Å². The first kappa shape index (κ1) is 10.8. The third-order valence-electron chi connectivity index (χ3n) is 4.01. The molecule has 2 heteroatoms. The van der Waals surface area contributed by atoms with Crippen molar-refractivity contribution in [1.29, 1.82) is 0 Å². The lowest BCUT2D eigenvalue weighted by Crippen LogP contribution is -2.30. The molecule has 2 atom stereocenters. The van der Waals surface area contributed by atoms with Crippen LogP contribution in [0.4, 0.5) is 0 Å². The van der Waals surface area contributed by atoms with Crippen molar-refractivity contribution in [3.8, 4) is 0 Å². The summed E-state index contributed by atoms with van der Waals surface area (Å²) in [6.07, 6.45) is 8.58. The fourth-order valence-electron chi connectivity index (χ4n) is 2.95. The van der Waals surface area contributed by atoms with Crippen LogP contribution in [0.25, 0.3) is 6.08 Å². The van der Waals surface area contributed by atoms with E-state index in [2.05, 4.69) is 41.4 Å². The van der Waals surface area contributed by atoms with Gasteiger partial charge in [0.05, 0.1) is 6.10 Å². The number of nitrogens with zero attached hydrogens (tertiary/aromatic N) is 1. The van der Waals surface area contributed by atoms with Gasteiger partial charge in [-0.15, -0.1) is 0 Å². The first-order valence-electron chi connectivity index (χ1n) is 6.41. The van der Waals surface area contributed by atoms with Crippen LogP contribution < -0.4 is 0 Å². The lowest BCUT2D eigenvalue weighted by Gasteiger charge is -2.31. The third kappa shape index (κ3) is 2.09. The molecule has 1 aromatic rings. The van der Waals surface area contributed by atoms with Gasteiger partial charge in [-0.2, -0.15) is 0 Å². The molecule has 2 aliphatic rings. The molecule has 0 spiro atoms. The molecular formula is C15H19NO. The summed E-state index contributed by atoms with van der Waals surface area (Å²) in [5.74, 6) is 0. The van der Waals surface area contributed by atoms with Crippen LogP contribution in [0.15, 0.2) is 30.5 Å². The van der Waals surface area contributed by atoms with E-state index >= 15 is 0 Å². The second kappa shape index (κ2) is 4.53. The van der Waals surface area contributed by atoms with E-state index < -0.39 is 0 Å². The summed E-state index contributed by atoms with van der Waals surface area (Å²) in [6, 6.07) is 9.31. The summed E-state index contributed by atoms with van der Waals surface area (Å²) in [6.45, 7) is 1.05.